The quantitative estimate of drug-likeness (QED) is 0.820. The normalized spacial score (nSPS) is 13.8. The maximum atomic E-state index is 8.78. The van der Waals surface area contributed by atoms with Crippen LogP contribution in [0.4, 0.5) is 0 Å². The summed E-state index contributed by atoms with van der Waals surface area (Å²) < 4.78 is 5.59. The van der Waals surface area contributed by atoms with E-state index in [4.69, 9.17) is 10.00 Å². The van der Waals surface area contributed by atoms with E-state index in [1.54, 1.807) is 6.92 Å². The van der Waals surface area contributed by atoms with E-state index in [-0.39, 0.29) is 6.04 Å². The number of nitrogens with one attached hydrogen (secondary N) is 1. The van der Waals surface area contributed by atoms with Gasteiger partial charge < -0.3 is 10.1 Å². The Balaban J connectivity index is 2.80. The van der Waals surface area contributed by atoms with Crippen LogP contribution in [-0.4, -0.2) is 12.6 Å². The van der Waals surface area contributed by atoms with Gasteiger partial charge in [-0.05, 0) is 32.9 Å². The van der Waals surface area contributed by atoms with Gasteiger partial charge in [-0.3, -0.25) is 0 Å². The summed E-state index contributed by atoms with van der Waals surface area (Å²) >= 11 is 0. The van der Waals surface area contributed by atoms with Crippen molar-refractivity contribution in [1.29, 1.82) is 5.26 Å². The molecule has 1 aromatic rings. The van der Waals surface area contributed by atoms with Gasteiger partial charge in [-0.1, -0.05) is 25.1 Å². The standard InChI is InChI=1S/C14H20N2O/c1-4-9-16-12(3)13-7-5-6-8-14(13)17-11(2)10-15/h5-8,11-12,16H,4,9H2,1-3H3. The van der Waals surface area contributed by atoms with Crippen molar-refractivity contribution in [1.82, 2.24) is 5.32 Å². The molecule has 0 aliphatic carbocycles. The van der Waals surface area contributed by atoms with Gasteiger partial charge >= 0.3 is 0 Å². The molecule has 2 unspecified atom stereocenters. The lowest BCUT2D eigenvalue weighted by atomic mass is 10.1. The first-order valence-corrected chi connectivity index (χ1v) is 6.07. The average molecular weight is 232 g/mol. The predicted octanol–water partition coefficient (Wildman–Crippen LogP) is 3.04. The minimum absolute atomic E-state index is 0.233. The van der Waals surface area contributed by atoms with Gasteiger partial charge in [0.2, 0.25) is 0 Å². The molecule has 0 fully saturated rings. The monoisotopic (exact) mass is 232 g/mol. The zero-order valence-electron chi connectivity index (χ0n) is 10.7. The Morgan fingerprint density at radius 1 is 1.35 bits per heavy atom. The number of nitriles is 1. The van der Waals surface area contributed by atoms with Gasteiger partial charge in [-0.15, -0.1) is 0 Å². The van der Waals surface area contributed by atoms with Crippen LogP contribution in [0, 0.1) is 11.3 Å². The van der Waals surface area contributed by atoms with Crippen LogP contribution < -0.4 is 10.1 Å². The summed E-state index contributed by atoms with van der Waals surface area (Å²) in [6.07, 6.45) is 0.677. The lowest BCUT2D eigenvalue weighted by Gasteiger charge is -2.18. The number of benzene rings is 1. The molecule has 0 aromatic heterocycles. The predicted molar refractivity (Wildman–Crippen MR) is 68.9 cm³/mol. The van der Waals surface area contributed by atoms with E-state index in [1.165, 1.54) is 0 Å². The Morgan fingerprint density at radius 3 is 2.71 bits per heavy atom. The molecular weight excluding hydrogens is 212 g/mol. The van der Waals surface area contributed by atoms with Gasteiger partial charge in [-0.25, -0.2) is 0 Å². The van der Waals surface area contributed by atoms with Crippen molar-refractivity contribution in [3.63, 3.8) is 0 Å². The second-order valence-corrected chi connectivity index (χ2v) is 4.10. The second kappa shape index (κ2) is 6.93. The van der Waals surface area contributed by atoms with Crippen molar-refractivity contribution in [3.05, 3.63) is 29.8 Å². The van der Waals surface area contributed by atoms with E-state index in [0.717, 1.165) is 24.3 Å². The molecule has 2 atom stereocenters. The molecule has 17 heavy (non-hydrogen) atoms. The molecule has 1 aromatic carbocycles. The Kier molecular flexibility index (Phi) is 5.51. The molecule has 1 N–H and O–H groups in total. The summed E-state index contributed by atoms with van der Waals surface area (Å²) in [5.74, 6) is 0.789. The summed E-state index contributed by atoms with van der Waals surface area (Å²) in [7, 11) is 0. The lowest BCUT2D eigenvalue weighted by Crippen LogP contribution is -2.20. The number of para-hydroxylation sites is 1. The van der Waals surface area contributed by atoms with Crippen LogP contribution >= 0.6 is 0 Å². The third-order valence-corrected chi connectivity index (χ3v) is 2.57. The first-order chi connectivity index (χ1) is 8.19. The topological polar surface area (TPSA) is 45.0 Å². The van der Waals surface area contributed by atoms with Crippen molar-refractivity contribution in [2.45, 2.75) is 39.3 Å². The molecule has 0 amide bonds. The third kappa shape index (κ3) is 4.08. The van der Waals surface area contributed by atoms with Gasteiger partial charge in [0.15, 0.2) is 6.10 Å². The lowest BCUT2D eigenvalue weighted by molar-refractivity contribution is 0.271. The second-order valence-electron chi connectivity index (χ2n) is 4.10. The van der Waals surface area contributed by atoms with Crippen molar-refractivity contribution in [2.24, 2.45) is 0 Å². The SMILES string of the molecule is CCCNC(C)c1ccccc1OC(C)C#N. The van der Waals surface area contributed by atoms with Gasteiger partial charge in [0.25, 0.3) is 0 Å². The summed E-state index contributed by atoms with van der Waals surface area (Å²) in [6, 6.07) is 10.2. The number of hydrogen-bond donors (Lipinski definition) is 1. The molecule has 3 nitrogen and oxygen atoms in total. The highest BCUT2D eigenvalue weighted by Crippen LogP contribution is 2.25. The molecule has 92 valence electrons. The molecule has 0 radical (unpaired) electrons. The van der Waals surface area contributed by atoms with Crippen molar-refractivity contribution < 1.29 is 4.74 Å². The van der Waals surface area contributed by atoms with E-state index in [1.807, 2.05) is 24.3 Å². The number of ether oxygens (including phenoxy) is 1. The molecule has 3 heteroatoms. The van der Waals surface area contributed by atoms with Crippen LogP contribution in [0.3, 0.4) is 0 Å². The highest BCUT2D eigenvalue weighted by Gasteiger charge is 2.12. The molecular formula is C14H20N2O. The smallest absolute Gasteiger partial charge is 0.181 e. The Hall–Kier alpha value is -1.53. The highest BCUT2D eigenvalue weighted by atomic mass is 16.5. The third-order valence-electron chi connectivity index (χ3n) is 2.57. The molecule has 0 saturated carbocycles. The fourth-order valence-electron chi connectivity index (χ4n) is 1.63. The van der Waals surface area contributed by atoms with Gasteiger partial charge in [0.1, 0.15) is 11.8 Å². The molecule has 1 rings (SSSR count). The largest absolute Gasteiger partial charge is 0.476 e. The van der Waals surface area contributed by atoms with E-state index in [0.29, 0.717) is 0 Å². The van der Waals surface area contributed by atoms with Crippen molar-refractivity contribution in [2.75, 3.05) is 6.54 Å². The number of rotatable bonds is 6. The average Bonchev–Trinajstić information content (AvgIpc) is 2.36. The van der Waals surface area contributed by atoms with Crippen LogP contribution in [0.25, 0.3) is 0 Å². The van der Waals surface area contributed by atoms with Gasteiger partial charge in [0.05, 0.1) is 0 Å². The summed E-state index contributed by atoms with van der Waals surface area (Å²) in [6.45, 7) is 6.97. The van der Waals surface area contributed by atoms with Crippen LogP contribution in [0.15, 0.2) is 24.3 Å². The summed E-state index contributed by atoms with van der Waals surface area (Å²) in [5.41, 5.74) is 1.10. The minimum atomic E-state index is -0.422. The Morgan fingerprint density at radius 2 is 2.06 bits per heavy atom. The molecule has 0 aliphatic rings. The van der Waals surface area contributed by atoms with E-state index < -0.39 is 6.10 Å². The Bertz CT molecular complexity index is 384. The molecule has 0 spiro atoms. The van der Waals surface area contributed by atoms with E-state index in [9.17, 15) is 0 Å². The fourth-order valence-corrected chi connectivity index (χ4v) is 1.63. The van der Waals surface area contributed by atoms with Crippen LogP contribution in [0.5, 0.6) is 5.75 Å². The number of hydrogen-bond acceptors (Lipinski definition) is 3. The van der Waals surface area contributed by atoms with Crippen molar-refractivity contribution >= 4 is 0 Å². The van der Waals surface area contributed by atoms with Crippen LogP contribution in [-0.2, 0) is 0 Å². The summed E-state index contributed by atoms with van der Waals surface area (Å²) in [4.78, 5) is 0. The van der Waals surface area contributed by atoms with E-state index in [2.05, 4.69) is 25.2 Å². The number of nitrogens with zero attached hydrogens (tertiary/aromatic N) is 1. The fraction of sp³-hybridized carbons (Fsp3) is 0.500. The van der Waals surface area contributed by atoms with Gasteiger partial charge in [0, 0.05) is 11.6 Å². The Labute approximate surface area is 103 Å². The molecule has 0 bridgehead atoms. The minimum Gasteiger partial charge on any atom is -0.476 e. The molecule has 0 saturated heterocycles. The first kappa shape index (κ1) is 13.5. The molecule has 0 heterocycles. The van der Waals surface area contributed by atoms with Crippen molar-refractivity contribution in [3.8, 4) is 11.8 Å². The van der Waals surface area contributed by atoms with Crippen LogP contribution in [0.1, 0.15) is 38.8 Å². The van der Waals surface area contributed by atoms with E-state index >= 15 is 0 Å². The van der Waals surface area contributed by atoms with Gasteiger partial charge in [-0.2, -0.15) is 5.26 Å². The highest BCUT2D eigenvalue weighted by molar-refractivity contribution is 5.36. The maximum absolute atomic E-state index is 8.78. The summed E-state index contributed by atoms with van der Waals surface area (Å²) in [5, 5.41) is 12.2. The van der Waals surface area contributed by atoms with Crippen LogP contribution in [0.2, 0.25) is 0 Å². The zero-order valence-corrected chi connectivity index (χ0v) is 10.7. The maximum Gasteiger partial charge on any atom is 0.181 e. The molecule has 0 aliphatic heterocycles. The first-order valence-electron chi connectivity index (χ1n) is 6.07. The zero-order chi connectivity index (χ0) is 12.7.